The third kappa shape index (κ3) is 6.55. The zero-order valence-electron chi connectivity index (χ0n) is 13.8. The zero-order valence-corrected chi connectivity index (χ0v) is 14.6. The average molecular weight is 331 g/mol. The van der Waals surface area contributed by atoms with Crippen molar-refractivity contribution in [2.45, 2.75) is 58.2 Å². The van der Waals surface area contributed by atoms with Gasteiger partial charge in [-0.15, -0.1) is 0 Å². The number of nitrogens with one attached hydrogen (secondary N) is 1. The second-order valence-electron chi connectivity index (χ2n) is 6.86. The van der Waals surface area contributed by atoms with Gasteiger partial charge in [-0.25, -0.2) is 13.4 Å². The number of aromatic nitrogens is 3. The van der Waals surface area contributed by atoms with E-state index in [1.807, 2.05) is 13.8 Å². The zero-order chi connectivity index (χ0) is 17.0. The summed E-state index contributed by atoms with van der Waals surface area (Å²) >= 11 is 0. The Morgan fingerprint density at radius 3 is 2.45 bits per heavy atom. The highest BCUT2D eigenvalue weighted by Crippen LogP contribution is 2.22. The quantitative estimate of drug-likeness (QED) is 0.766. The van der Waals surface area contributed by atoms with Gasteiger partial charge in [-0.1, -0.05) is 13.8 Å². The first-order valence-electron chi connectivity index (χ1n) is 7.29. The Morgan fingerprint density at radius 2 is 2.00 bits per heavy atom. The summed E-state index contributed by atoms with van der Waals surface area (Å²) in [5, 5.41) is 5.76. The van der Waals surface area contributed by atoms with Crippen LogP contribution in [0.3, 0.4) is 0 Å². The van der Waals surface area contributed by atoms with Gasteiger partial charge in [0.1, 0.15) is 11.9 Å². The molecule has 0 radical (unpaired) electrons. The number of ether oxygens (including phenoxy) is 1. The van der Waals surface area contributed by atoms with Crippen LogP contribution in [0.15, 0.2) is 11.5 Å². The normalized spacial score (nSPS) is 14.1. The number of esters is 1. The lowest BCUT2D eigenvalue weighted by Gasteiger charge is -2.22. The summed E-state index contributed by atoms with van der Waals surface area (Å²) in [6.07, 6.45) is 1.84. The Hall–Kier alpha value is -1.44. The van der Waals surface area contributed by atoms with Crippen LogP contribution < -0.4 is 0 Å². The molecule has 22 heavy (non-hydrogen) atoms. The van der Waals surface area contributed by atoms with Crippen LogP contribution in [0.5, 0.6) is 0 Å². The first-order chi connectivity index (χ1) is 9.99. The maximum absolute atomic E-state index is 12.3. The molecule has 1 atom stereocenters. The number of rotatable bonds is 7. The van der Waals surface area contributed by atoms with Gasteiger partial charge in [0.2, 0.25) is 15.0 Å². The van der Waals surface area contributed by atoms with Crippen LogP contribution in [0, 0.1) is 11.8 Å². The molecule has 0 saturated heterocycles. The van der Waals surface area contributed by atoms with Crippen LogP contribution in [-0.2, 0) is 19.4 Å². The monoisotopic (exact) mass is 331 g/mol. The molecule has 1 heterocycles. The van der Waals surface area contributed by atoms with E-state index in [1.165, 1.54) is 0 Å². The molecule has 0 fully saturated rings. The number of carbonyl (C=O) groups excluding carboxylic acids is 1. The summed E-state index contributed by atoms with van der Waals surface area (Å²) in [6, 6.07) is 0. The van der Waals surface area contributed by atoms with Crippen LogP contribution in [0.1, 0.15) is 47.5 Å². The van der Waals surface area contributed by atoms with E-state index in [4.69, 9.17) is 4.74 Å². The van der Waals surface area contributed by atoms with Gasteiger partial charge in [-0.2, -0.15) is 5.10 Å². The van der Waals surface area contributed by atoms with Crippen LogP contribution in [0.4, 0.5) is 0 Å². The molecule has 0 aliphatic carbocycles. The molecular weight excluding hydrogens is 306 g/mol. The molecule has 0 aromatic carbocycles. The molecule has 1 aromatic heterocycles. The lowest BCUT2D eigenvalue weighted by molar-refractivity contribution is -0.155. The molecule has 0 aliphatic rings. The number of sulfone groups is 1. The van der Waals surface area contributed by atoms with E-state index in [0.29, 0.717) is 6.42 Å². The molecule has 126 valence electrons. The fraction of sp³-hybridized carbons (Fsp3) is 0.786. The minimum atomic E-state index is -3.59. The highest BCUT2D eigenvalue weighted by molar-refractivity contribution is 7.91. The van der Waals surface area contributed by atoms with Crippen molar-refractivity contribution >= 4 is 15.8 Å². The van der Waals surface area contributed by atoms with E-state index in [-0.39, 0.29) is 35.1 Å². The first kappa shape index (κ1) is 18.6. The summed E-state index contributed by atoms with van der Waals surface area (Å²) in [7, 11) is -3.59. The molecule has 0 saturated carbocycles. The SMILES string of the molecule is CC(C)C[C@H](CC(=O)OC(C)(C)C)CS(=O)(=O)c1ncn[nH]1. The van der Waals surface area contributed by atoms with E-state index in [0.717, 1.165) is 6.33 Å². The highest BCUT2D eigenvalue weighted by Gasteiger charge is 2.28. The molecule has 8 heteroatoms. The maximum atomic E-state index is 12.3. The summed E-state index contributed by atoms with van der Waals surface area (Å²) in [5.41, 5.74) is -0.580. The number of hydrogen-bond acceptors (Lipinski definition) is 6. The molecule has 0 bridgehead atoms. The van der Waals surface area contributed by atoms with E-state index in [2.05, 4.69) is 15.2 Å². The molecule has 0 amide bonds. The lowest BCUT2D eigenvalue weighted by atomic mass is 9.96. The van der Waals surface area contributed by atoms with Crippen molar-refractivity contribution in [2.75, 3.05) is 5.75 Å². The second kappa shape index (κ2) is 7.21. The smallest absolute Gasteiger partial charge is 0.306 e. The summed E-state index contributed by atoms with van der Waals surface area (Å²) in [5.74, 6) is -0.576. The predicted molar refractivity (Wildman–Crippen MR) is 81.8 cm³/mol. The molecular formula is C14H25N3O4S. The van der Waals surface area contributed by atoms with Crippen molar-refractivity contribution < 1.29 is 17.9 Å². The topological polar surface area (TPSA) is 102 Å². The maximum Gasteiger partial charge on any atom is 0.306 e. The number of aromatic amines is 1. The minimum absolute atomic E-state index is 0.0722. The third-order valence-electron chi connectivity index (χ3n) is 2.82. The molecule has 0 unspecified atom stereocenters. The van der Waals surface area contributed by atoms with Crippen molar-refractivity contribution in [1.82, 2.24) is 15.2 Å². The molecule has 1 N–H and O–H groups in total. The van der Waals surface area contributed by atoms with E-state index >= 15 is 0 Å². The lowest BCUT2D eigenvalue weighted by Crippen LogP contribution is -2.28. The number of H-pyrrole nitrogens is 1. The molecule has 1 rings (SSSR count). The van der Waals surface area contributed by atoms with Gasteiger partial charge < -0.3 is 4.74 Å². The van der Waals surface area contributed by atoms with E-state index in [1.54, 1.807) is 20.8 Å². The van der Waals surface area contributed by atoms with Crippen molar-refractivity contribution in [3.8, 4) is 0 Å². The summed E-state index contributed by atoms with van der Waals surface area (Å²) < 4.78 is 29.8. The Labute approximate surface area is 131 Å². The Bertz CT molecular complexity index is 574. The average Bonchev–Trinajstić information content (AvgIpc) is 2.77. The second-order valence-corrected chi connectivity index (χ2v) is 8.81. The van der Waals surface area contributed by atoms with Crippen molar-refractivity contribution in [3.05, 3.63) is 6.33 Å². The van der Waals surface area contributed by atoms with Gasteiger partial charge in [0, 0.05) is 6.42 Å². The van der Waals surface area contributed by atoms with Crippen molar-refractivity contribution in [2.24, 2.45) is 11.8 Å². The van der Waals surface area contributed by atoms with E-state index in [9.17, 15) is 13.2 Å². The van der Waals surface area contributed by atoms with Crippen molar-refractivity contribution in [1.29, 1.82) is 0 Å². The third-order valence-corrected chi connectivity index (χ3v) is 4.52. The molecule has 7 nitrogen and oxygen atoms in total. The van der Waals surface area contributed by atoms with Gasteiger partial charge in [0.15, 0.2) is 0 Å². The molecule has 0 aliphatic heterocycles. The molecule has 0 spiro atoms. The Kier molecular flexibility index (Phi) is 6.10. The standard InChI is InChI=1S/C14H25N3O4S/c1-10(2)6-11(7-12(18)21-14(3,4)5)8-22(19,20)13-15-9-16-17-13/h9-11H,6-8H2,1-5H3,(H,15,16,17)/t11-/m1/s1. The van der Waals surface area contributed by atoms with E-state index < -0.39 is 15.4 Å². The first-order valence-corrected chi connectivity index (χ1v) is 8.95. The summed E-state index contributed by atoms with van der Waals surface area (Å²) in [4.78, 5) is 15.7. The van der Waals surface area contributed by atoms with Crippen LogP contribution in [-0.4, -0.2) is 40.9 Å². The fourth-order valence-corrected chi connectivity index (χ4v) is 3.66. The summed E-state index contributed by atoms with van der Waals surface area (Å²) in [6.45, 7) is 9.33. The number of hydrogen-bond donors (Lipinski definition) is 1. The van der Waals surface area contributed by atoms with Gasteiger partial charge in [0.25, 0.3) is 0 Å². The Morgan fingerprint density at radius 1 is 1.36 bits per heavy atom. The largest absolute Gasteiger partial charge is 0.460 e. The van der Waals surface area contributed by atoms with Gasteiger partial charge in [-0.05, 0) is 39.0 Å². The Balaban J connectivity index is 2.79. The van der Waals surface area contributed by atoms with Gasteiger partial charge in [-0.3, -0.25) is 9.89 Å². The number of nitrogens with zero attached hydrogens (tertiary/aromatic N) is 2. The van der Waals surface area contributed by atoms with Crippen LogP contribution in [0.2, 0.25) is 0 Å². The van der Waals surface area contributed by atoms with Crippen LogP contribution in [0.25, 0.3) is 0 Å². The minimum Gasteiger partial charge on any atom is -0.460 e. The van der Waals surface area contributed by atoms with Gasteiger partial charge >= 0.3 is 5.97 Å². The predicted octanol–water partition coefficient (Wildman–Crippen LogP) is 1.97. The molecule has 1 aromatic rings. The number of carbonyl (C=O) groups is 1. The fourth-order valence-electron chi connectivity index (χ4n) is 2.23. The van der Waals surface area contributed by atoms with Gasteiger partial charge in [0.05, 0.1) is 5.75 Å². The van der Waals surface area contributed by atoms with Crippen LogP contribution >= 0.6 is 0 Å². The van der Waals surface area contributed by atoms with Crippen molar-refractivity contribution in [3.63, 3.8) is 0 Å². The highest BCUT2D eigenvalue weighted by atomic mass is 32.2.